The minimum absolute atomic E-state index is 0.285. The molecule has 0 saturated carbocycles. The third kappa shape index (κ3) is 3.76. The lowest BCUT2D eigenvalue weighted by atomic mass is 10.0. The van der Waals surface area contributed by atoms with Crippen molar-refractivity contribution in [2.75, 3.05) is 39.3 Å². The molecule has 1 fully saturated rings. The van der Waals surface area contributed by atoms with E-state index in [1.165, 1.54) is 0 Å². The molecule has 0 aromatic carbocycles. The van der Waals surface area contributed by atoms with Crippen LogP contribution in [0, 0.1) is 5.92 Å². The lowest BCUT2D eigenvalue weighted by Gasteiger charge is -2.34. The van der Waals surface area contributed by atoms with E-state index in [4.69, 9.17) is 5.73 Å². The second kappa shape index (κ2) is 6.86. The quantitative estimate of drug-likeness (QED) is 0.745. The van der Waals surface area contributed by atoms with Crippen molar-refractivity contribution in [3.8, 4) is 0 Å². The highest BCUT2D eigenvalue weighted by Gasteiger charge is 2.21. The first-order valence-electron chi connectivity index (χ1n) is 6.41. The second-order valence-corrected chi connectivity index (χ2v) is 4.53. The zero-order valence-electron chi connectivity index (χ0n) is 10.6. The van der Waals surface area contributed by atoms with Crippen LogP contribution in [0.3, 0.4) is 0 Å². The molecule has 1 amide bonds. The molecule has 1 unspecified atom stereocenters. The summed E-state index contributed by atoms with van der Waals surface area (Å²) in [5.74, 6) is 0.643. The van der Waals surface area contributed by atoms with Gasteiger partial charge in [-0.3, -0.25) is 4.79 Å². The maximum absolute atomic E-state index is 12.0. The predicted molar refractivity (Wildman–Crippen MR) is 66.1 cm³/mol. The molecule has 4 nitrogen and oxygen atoms in total. The van der Waals surface area contributed by atoms with Crippen LogP contribution in [0.1, 0.15) is 26.7 Å². The van der Waals surface area contributed by atoms with Gasteiger partial charge in [0.05, 0.1) is 0 Å². The topological polar surface area (TPSA) is 49.6 Å². The van der Waals surface area contributed by atoms with Gasteiger partial charge in [-0.15, -0.1) is 0 Å². The summed E-state index contributed by atoms with van der Waals surface area (Å²) in [7, 11) is 0. The monoisotopic (exact) mass is 227 g/mol. The van der Waals surface area contributed by atoms with Crippen molar-refractivity contribution in [1.29, 1.82) is 0 Å². The first-order valence-corrected chi connectivity index (χ1v) is 6.41. The van der Waals surface area contributed by atoms with Crippen LogP contribution in [-0.2, 0) is 4.79 Å². The van der Waals surface area contributed by atoms with Crippen molar-refractivity contribution in [2.45, 2.75) is 26.7 Å². The molecule has 1 rings (SSSR count). The Labute approximate surface area is 98.8 Å². The molecule has 0 bridgehead atoms. The van der Waals surface area contributed by atoms with Crippen molar-refractivity contribution in [2.24, 2.45) is 11.7 Å². The van der Waals surface area contributed by atoms with Crippen LogP contribution in [0.5, 0.6) is 0 Å². The van der Waals surface area contributed by atoms with Gasteiger partial charge in [0.2, 0.25) is 5.91 Å². The van der Waals surface area contributed by atoms with Gasteiger partial charge in [0.25, 0.3) is 0 Å². The molecule has 2 N–H and O–H groups in total. The van der Waals surface area contributed by atoms with Crippen LogP contribution in [0.2, 0.25) is 0 Å². The molecule has 1 saturated heterocycles. The minimum Gasteiger partial charge on any atom is -0.340 e. The van der Waals surface area contributed by atoms with Gasteiger partial charge in [-0.1, -0.05) is 20.3 Å². The van der Waals surface area contributed by atoms with Gasteiger partial charge >= 0.3 is 0 Å². The van der Waals surface area contributed by atoms with Crippen molar-refractivity contribution in [3.05, 3.63) is 0 Å². The fraction of sp³-hybridized carbons (Fsp3) is 0.917. The standard InChI is InChI=1S/C12H25N3O/c1-3-11(10-13)9-12(16)15-7-5-14(4-2)6-8-15/h11H,3-10,13H2,1-2H3. The molecule has 4 heteroatoms. The molecule has 16 heavy (non-hydrogen) atoms. The van der Waals surface area contributed by atoms with Crippen molar-refractivity contribution >= 4 is 5.91 Å². The number of amides is 1. The molecule has 1 atom stereocenters. The zero-order chi connectivity index (χ0) is 12.0. The summed E-state index contributed by atoms with van der Waals surface area (Å²) < 4.78 is 0. The molecule has 1 aliphatic rings. The van der Waals surface area contributed by atoms with Gasteiger partial charge < -0.3 is 15.5 Å². The number of hydrogen-bond donors (Lipinski definition) is 1. The van der Waals surface area contributed by atoms with Crippen LogP contribution in [0.4, 0.5) is 0 Å². The first kappa shape index (κ1) is 13.5. The molecule has 1 aliphatic heterocycles. The number of hydrogen-bond acceptors (Lipinski definition) is 3. The third-order valence-corrected chi connectivity index (χ3v) is 3.55. The van der Waals surface area contributed by atoms with Crippen LogP contribution in [0.25, 0.3) is 0 Å². The smallest absolute Gasteiger partial charge is 0.222 e. The Kier molecular flexibility index (Phi) is 5.77. The van der Waals surface area contributed by atoms with Gasteiger partial charge in [-0.25, -0.2) is 0 Å². The fourth-order valence-electron chi connectivity index (χ4n) is 2.08. The van der Waals surface area contributed by atoms with Gasteiger partial charge in [0, 0.05) is 32.6 Å². The van der Waals surface area contributed by atoms with E-state index in [2.05, 4.69) is 18.7 Å². The van der Waals surface area contributed by atoms with E-state index in [1.54, 1.807) is 0 Å². The SMILES string of the molecule is CCC(CN)CC(=O)N1CCN(CC)CC1. The van der Waals surface area contributed by atoms with Crippen LogP contribution in [-0.4, -0.2) is 55.0 Å². The minimum atomic E-state index is 0.285. The Hall–Kier alpha value is -0.610. The van der Waals surface area contributed by atoms with E-state index in [-0.39, 0.29) is 5.91 Å². The van der Waals surface area contributed by atoms with Crippen molar-refractivity contribution < 1.29 is 4.79 Å². The number of carbonyl (C=O) groups is 1. The largest absolute Gasteiger partial charge is 0.340 e. The molecular formula is C12H25N3O. The average molecular weight is 227 g/mol. The normalized spacial score (nSPS) is 19.8. The number of carbonyl (C=O) groups excluding carboxylic acids is 1. The predicted octanol–water partition coefficient (Wildman–Crippen LogP) is 0.526. The highest BCUT2D eigenvalue weighted by Crippen LogP contribution is 2.10. The highest BCUT2D eigenvalue weighted by molar-refractivity contribution is 5.76. The van der Waals surface area contributed by atoms with Gasteiger partial charge in [-0.2, -0.15) is 0 Å². The van der Waals surface area contributed by atoms with Crippen LogP contribution in [0.15, 0.2) is 0 Å². The fourth-order valence-corrected chi connectivity index (χ4v) is 2.08. The Balaban J connectivity index is 2.32. The lowest BCUT2D eigenvalue weighted by Crippen LogP contribution is -2.48. The van der Waals surface area contributed by atoms with E-state index < -0.39 is 0 Å². The number of nitrogens with two attached hydrogens (primary N) is 1. The highest BCUT2D eigenvalue weighted by atomic mass is 16.2. The van der Waals surface area contributed by atoms with Crippen LogP contribution >= 0.6 is 0 Å². The maximum atomic E-state index is 12.0. The van der Waals surface area contributed by atoms with E-state index in [0.717, 1.165) is 39.1 Å². The summed E-state index contributed by atoms with van der Waals surface area (Å²) in [6.07, 6.45) is 1.62. The van der Waals surface area contributed by atoms with E-state index in [0.29, 0.717) is 18.9 Å². The number of piperazine rings is 1. The molecule has 0 aromatic rings. The summed E-state index contributed by atoms with van der Waals surface area (Å²) in [4.78, 5) is 16.3. The Morgan fingerprint density at radius 3 is 2.31 bits per heavy atom. The maximum Gasteiger partial charge on any atom is 0.222 e. The van der Waals surface area contributed by atoms with Gasteiger partial charge in [0.1, 0.15) is 0 Å². The van der Waals surface area contributed by atoms with E-state index >= 15 is 0 Å². The lowest BCUT2D eigenvalue weighted by molar-refractivity contribution is -0.133. The summed E-state index contributed by atoms with van der Waals surface area (Å²) in [5, 5.41) is 0. The number of rotatable bonds is 5. The molecular weight excluding hydrogens is 202 g/mol. The Morgan fingerprint density at radius 2 is 1.88 bits per heavy atom. The molecule has 94 valence electrons. The first-order chi connectivity index (χ1) is 7.71. The average Bonchev–Trinajstić information content (AvgIpc) is 2.35. The Morgan fingerprint density at radius 1 is 1.25 bits per heavy atom. The molecule has 0 spiro atoms. The molecule has 1 heterocycles. The van der Waals surface area contributed by atoms with Crippen molar-refractivity contribution in [3.63, 3.8) is 0 Å². The summed E-state index contributed by atoms with van der Waals surface area (Å²) in [5.41, 5.74) is 5.63. The zero-order valence-corrected chi connectivity index (χ0v) is 10.6. The Bertz CT molecular complexity index is 208. The number of nitrogens with zero attached hydrogens (tertiary/aromatic N) is 2. The van der Waals surface area contributed by atoms with Gasteiger partial charge in [-0.05, 0) is 19.0 Å². The molecule has 0 radical (unpaired) electrons. The number of likely N-dealkylation sites (N-methyl/N-ethyl adjacent to an activating group) is 1. The molecule has 0 aromatic heterocycles. The molecule has 0 aliphatic carbocycles. The van der Waals surface area contributed by atoms with Crippen LogP contribution < -0.4 is 5.73 Å². The summed E-state index contributed by atoms with van der Waals surface area (Å²) >= 11 is 0. The summed E-state index contributed by atoms with van der Waals surface area (Å²) in [6.45, 7) is 9.77. The second-order valence-electron chi connectivity index (χ2n) is 4.53. The van der Waals surface area contributed by atoms with Gasteiger partial charge in [0.15, 0.2) is 0 Å². The van der Waals surface area contributed by atoms with E-state index in [9.17, 15) is 4.79 Å². The summed E-state index contributed by atoms with van der Waals surface area (Å²) in [6, 6.07) is 0. The third-order valence-electron chi connectivity index (χ3n) is 3.55. The van der Waals surface area contributed by atoms with Crippen molar-refractivity contribution in [1.82, 2.24) is 9.80 Å². The van der Waals surface area contributed by atoms with E-state index in [1.807, 2.05) is 4.90 Å².